The van der Waals surface area contributed by atoms with E-state index < -0.39 is 0 Å². The summed E-state index contributed by atoms with van der Waals surface area (Å²) in [6.07, 6.45) is 4.02. The first-order valence-corrected chi connectivity index (χ1v) is 10.4. The first-order valence-electron chi connectivity index (χ1n) is 10.4. The predicted octanol–water partition coefficient (Wildman–Crippen LogP) is 4.56. The summed E-state index contributed by atoms with van der Waals surface area (Å²) in [6, 6.07) is 14.1. The second-order valence-corrected chi connectivity index (χ2v) is 8.01. The summed E-state index contributed by atoms with van der Waals surface area (Å²) < 4.78 is 12.4. The van der Waals surface area contributed by atoms with Gasteiger partial charge in [0.1, 0.15) is 29.5 Å². The molecule has 1 N–H and O–H groups in total. The van der Waals surface area contributed by atoms with Gasteiger partial charge in [0.05, 0.1) is 17.1 Å². The van der Waals surface area contributed by atoms with Crippen molar-refractivity contribution in [3.05, 3.63) is 53.7 Å². The van der Waals surface area contributed by atoms with E-state index in [0.29, 0.717) is 35.4 Å². The Labute approximate surface area is 180 Å². The number of aryl methyl sites for hydroxylation is 1. The lowest BCUT2D eigenvalue weighted by molar-refractivity contribution is 0.193. The summed E-state index contributed by atoms with van der Waals surface area (Å²) in [5.41, 5.74) is 3.00. The van der Waals surface area contributed by atoms with Gasteiger partial charge in [0.2, 0.25) is 5.88 Å². The standard InChI is InChI=1S/C24H23N5O2/c1-15-8-9-20-19(13-26-28-20)23(15)31-21-7-3-5-16-11-17(12-25)24(27-22(16)21)30-14-18-6-4-10-29(18)2/h3,5,7-9,11,13,18H,4,6,10,14H2,1-2H3,(H,26,28). The maximum atomic E-state index is 9.64. The van der Waals surface area contributed by atoms with E-state index >= 15 is 0 Å². The molecule has 3 heterocycles. The Morgan fingerprint density at radius 3 is 3.00 bits per heavy atom. The van der Waals surface area contributed by atoms with Crippen LogP contribution in [0.25, 0.3) is 21.8 Å². The van der Waals surface area contributed by atoms with Crippen LogP contribution in [-0.2, 0) is 0 Å². The van der Waals surface area contributed by atoms with Crippen molar-refractivity contribution in [2.45, 2.75) is 25.8 Å². The number of H-pyrrole nitrogens is 1. The Bertz CT molecular complexity index is 1310. The van der Waals surface area contributed by atoms with Crippen molar-refractivity contribution in [3.63, 3.8) is 0 Å². The number of likely N-dealkylation sites (tertiary alicyclic amines) is 1. The molecule has 0 amide bonds. The molecule has 1 unspecified atom stereocenters. The molecule has 156 valence electrons. The molecule has 4 aromatic rings. The van der Waals surface area contributed by atoms with Gasteiger partial charge < -0.3 is 14.4 Å². The summed E-state index contributed by atoms with van der Waals surface area (Å²) in [5, 5.41) is 18.5. The van der Waals surface area contributed by atoms with Gasteiger partial charge in [-0.2, -0.15) is 10.4 Å². The average Bonchev–Trinajstić information content (AvgIpc) is 3.42. The van der Waals surface area contributed by atoms with Crippen LogP contribution in [0.3, 0.4) is 0 Å². The fourth-order valence-corrected chi connectivity index (χ4v) is 4.14. The zero-order valence-corrected chi connectivity index (χ0v) is 17.6. The van der Waals surface area contributed by atoms with E-state index in [4.69, 9.17) is 14.5 Å². The molecule has 0 aliphatic carbocycles. The molecule has 0 bridgehead atoms. The number of rotatable bonds is 5. The van der Waals surface area contributed by atoms with Gasteiger partial charge in [0.15, 0.2) is 5.75 Å². The number of hydrogen-bond acceptors (Lipinski definition) is 6. The third-order valence-electron chi connectivity index (χ3n) is 5.96. The normalized spacial score (nSPS) is 16.6. The van der Waals surface area contributed by atoms with Crippen LogP contribution in [0, 0.1) is 18.3 Å². The van der Waals surface area contributed by atoms with Crippen LogP contribution >= 0.6 is 0 Å². The molecule has 1 aliphatic rings. The molecule has 0 saturated carbocycles. The van der Waals surface area contributed by atoms with Gasteiger partial charge in [-0.15, -0.1) is 0 Å². The quantitative estimate of drug-likeness (QED) is 0.516. The Hall–Kier alpha value is -3.63. The van der Waals surface area contributed by atoms with Crippen LogP contribution in [0.15, 0.2) is 42.6 Å². The second kappa shape index (κ2) is 7.89. The number of aromatic nitrogens is 3. The van der Waals surface area contributed by atoms with Crippen molar-refractivity contribution in [2.24, 2.45) is 0 Å². The van der Waals surface area contributed by atoms with Gasteiger partial charge in [0, 0.05) is 11.4 Å². The maximum absolute atomic E-state index is 9.64. The van der Waals surface area contributed by atoms with E-state index in [1.807, 2.05) is 43.3 Å². The first kappa shape index (κ1) is 19.3. The fourth-order valence-electron chi connectivity index (χ4n) is 4.14. The number of pyridine rings is 1. The molecule has 7 heteroatoms. The Morgan fingerprint density at radius 2 is 2.19 bits per heavy atom. The number of aromatic amines is 1. The van der Waals surface area contributed by atoms with Crippen LogP contribution in [-0.4, -0.2) is 46.3 Å². The summed E-state index contributed by atoms with van der Waals surface area (Å²) >= 11 is 0. The Balaban J connectivity index is 1.53. The molecule has 1 aliphatic heterocycles. The van der Waals surface area contributed by atoms with E-state index in [2.05, 4.69) is 28.2 Å². The summed E-state index contributed by atoms with van der Waals surface area (Å²) in [4.78, 5) is 7.00. The van der Waals surface area contributed by atoms with Gasteiger partial charge in [-0.3, -0.25) is 5.10 Å². The molecule has 2 aromatic carbocycles. The van der Waals surface area contributed by atoms with Gasteiger partial charge in [-0.05, 0) is 57.1 Å². The highest BCUT2D eigenvalue weighted by atomic mass is 16.5. The van der Waals surface area contributed by atoms with Crippen molar-refractivity contribution < 1.29 is 9.47 Å². The smallest absolute Gasteiger partial charge is 0.232 e. The largest absolute Gasteiger partial charge is 0.475 e. The number of nitriles is 1. The third-order valence-corrected chi connectivity index (χ3v) is 5.96. The van der Waals surface area contributed by atoms with Crippen LogP contribution in [0.4, 0.5) is 0 Å². The van der Waals surface area contributed by atoms with E-state index in [-0.39, 0.29) is 0 Å². The average molecular weight is 413 g/mol. The number of nitrogens with one attached hydrogen (secondary N) is 1. The molecule has 1 atom stereocenters. The number of fused-ring (bicyclic) bond motifs is 2. The summed E-state index contributed by atoms with van der Waals surface area (Å²) in [6.45, 7) is 3.59. The number of benzene rings is 2. The predicted molar refractivity (Wildman–Crippen MR) is 119 cm³/mol. The van der Waals surface area contributed by atoms with Crippen molar-refractivity contribution in [1.29, 1.82) is 5.26 Å². The minimum atomic E-state index is 0.344. The van der Waals surface area contributed by atoms with E-state index in [0.717, 1.165) is 47.0 Å². The lowest BCUT2D eigenvalue weighted by Gasteiger charge is -2.20. The fraction of sp³-hybridized carbons (Fsp3) is 0.292. The number of ether oxygens (including phenoxy) is 2. The van der Waals surface area contributed by atoms with E-state index in [9.17, 15) is 5.26 Å². The van der Waals surface area contributed by atoms with E-state index in [1.54, 1.807) is 6.20 Å². The number of likely N-dealkylation sites (N-methyl/N-ethyl adjacent to an activating group) is 1. The topological polar surface area (TPSA) is 87.1 Å². The number of para-hydroxylation sites is 1. The molecular weight excluding hydrogens is 390 g/mol. The van der Waals surface area contributed by atoms with E-state index in [1.165, 1.54) is 0 Å². The maximum Gasteiger partial charge on any atom is 0.232 e. The third kappa shape index (κ3) is 3.56. The zero-order chi connectivity index (χ0) is 21.4. The molecular formula is C24H23N5O2. The molecule has 0 radical (unpaired) electrons. The highest BCUT2D eigenvalue weighted by molar-refractivity contribution is 5.89. The minimum Gasteiger partial charge on any atom is -0.475 e. The van der Waals surface area contributed by atoms with Gasteiger partial charge in [0.25, 0.3) is 0 Å². The molecule has 2 aromatic heterocycles. The summed E-state index contributed by atoms with van der Waals surface area (Å²) in [7, 11) is 2.10. The molecule has 31 heavy (non-hydrogen) atoms. The molecule has 1 fully saturated rings. The van der Waals surface area contributed by atoms with Crippen LogP contribution < -0.4 is 9.47 Å². The Kier molecular flexibility index (Phi) is 4.92. The molecule has 1 saturated heterocycles. The highest BCUT2D eigenvalue weighted by Crippen LogP contribution is 2.36. The molecule has 7 nitrogen and oxygen atoms in total. The van der Waals surface area contributed by atoms with Crippen molar-refractivity contribution in [1.82, 2.24) is 20.1 Å². The zero-order valence-electron chi connectivity index (χ0n) is 17.6. The van der Waals surface area contributed by atoms with Gasteiger partial charge >= 0.3 is 0 Å². The van der Waals surface area contributed by atoms with Gasteiger partial charge in [-0.1, -0.05) is 18.2 Å². The number of hydrogen-bond donors (Lipinski definition) is 1. The minimum absolute atomic E-state index is 0.344. The lowest BCUT2D eigenvalue weighted by atomic mass is 10.1. The summed E-state index contributed by atoms with van der Waals surface area (Å²) in [5.74, 6) is 1.70. The van der Waals surface area contributed by atoms with Gasteiger partial charge in [-0.25, -0.2) is 4.98 Å². The van der Waals surface area contributed by atoms with Crippen molar-refractivity contribution >= 4 is 21.8 Å². The van der Waals surface area contributed by atoms with Crippen LogP contribution in [0.2, 0.25) is 0 Å². The van der Waals surface area contributed by atoms with Crippen LogP contribution in [0.5, 0.6) is 17.4 Å². The number of nitrogens with zero attached hydrogens (tertiary/aromatic N) is 4. The molecule has 0 spiro atoms. The van der Waals surface area contributed by atoms with Crippen LogP contribution in [0.1, 0.15) is 24.0 Å². The SMILES string of the molecule is Cc1ccc2[nH]ncc2c1Oc1cccc2cc(C#N)c(OCC3CCCN3C)nc12. The highest BCUT2D eigenvalue weighted by Gasteiger charge is 2.22. The second-order valence-electron chi connectivity index (χ2n) is 8.01. The van der Waals surface area contributed by atoms with Crippen molar-refractivity contribution in [3.8, 4) is 23.4 Å². The lowest BCUT2D eigenvalue weighted by Crippen LogP contribution is -2.30. The van der Waals surface area contributed by atoms with Crippen molar-refractivity contribution in [2.75, 3.05) is 20.2 Å². The first-order chi connectivity index (χ1) is 15.1. The molecule has 5 rings (SSSR count). The Morgan fingerprint density at radius 1 is 1.29 bits per heavy atom. The monoisotopic (exact) mass is 413 g/mol.